The first kappa shape index (κ1) is 16.8. The van der Waals surface area contributed by atoms with Gasteiger partial charge in [0.15, 0.2) is 0 Å². The number of carbonyl (C=O) groups excluding carboxylic acids is 1. The van der Waals surface area contributed by atoms with Crippen molar-refractivity contribution in [2.75, 3.05) is 34.3 Å². The van der Waals surface area contributed by atoms with E-state index in [2.05, 4.69) is 17.3 Å². The number of ether oxygens (including phenoxy) is 1. The van der Waals surface area contributed by atoms with Crippen molar-refractivity contribution >= 4 is 5.97 Å². The van der Waals surface area contributed by atoms with Gasteiger partial charge in [-0.25, -0.2) is 0 Å². The van der Waals surface area contributed by atoms with Crippen LogP contribution in [0, 0.1) is 17.8 Å². The number of hydrogen-bond donors (Lipinski definition) is 1. The number of fused-ring (bicyclic) bond motifs is 2. The summed E-state index contributed by atoms with van der Waals surface area (Å²) in [6.07, 6.45) is 7.71. The van der Waals surface area contributed by atoms with Gasteiger partial charge in [-0.2, -0.15) is 0 Å². The molecular weight excluding hydrogens is 264 g/mol. The first-order chi connectivity index (χ1) is 9.98. The zero-order chi connectivity index (χ0) is 15.5. The molecule has 21 heavy (non-hydrogen) atoms. The SMILES string of the molecule is CNC(C)(CCCN(C)CC1CC2CCC1C2)C(=O)OC. The number of esters is 1. The van der Waals surface area contributed by atoms with Gasteiger partial charge >= 0.3 is 5.97 Å². The second-order valence-corrected chi connectivity index (χ2v) is 7.37. The summed E-state index contributed by atoms with van der Waals surface area (Å²) in [5.41, 5.74) is -0.554. The van der Waals surface area contributed by atoms with Gasteiger partial charge in [0.05, 0.1) is 7.11 Å². The highest BCUT2D eigenvalue weighted by molar-refractivity contribution is 5.80. The molecule has 0 aromatic rings. The van der Waals surface area contributed by atoms with Gasteiger partial charge in [-0.3, -0.25) is 4.79 Å². The number of rotatable bonds is 8. The minimum Gasteiger partial charge on any atom is -0.468 e. The molecule has 2 aliphatic carbocycles. The lowest BCUT2D eigenvalue weighted by molar-refractivity contribution is -0.148. The van der Waals surface area contributed by atoms with Crippen LogP contribution in [0.1, 0.15) is 45.4 Å². The minimum atomic E-state index is -0.554. The second-order valence-electron chi connectivity index (χ2n) is 7.37. The molecule has 4 atom stereocenters. The predicted molar refractivity (Wildman–Crippen MR) is 85.1 cm³/mol. The van der Waals surface area contributed by atoms with Crippen molar-refractivity contribution < 1.29 is 9.53 Å². The Morgan fingerprint density at radius 2 is 2.14 bits per heavy atom. The third-order valence-corrected chi connectivity index (χ3v) is 5.84. The predicted octanol–water partition coefficient (Wildman–Crippen LogP) is 2.29. The van der Waals surface area contributed by atoms with Crippen molar-refractivity contribution in [1.82, 2.24) is 10.2 Å². The molecule has 2 saturated carbocycles. The average molecular weight is 296 g/mol. The summed E-state index contributed by atoms with van der Waals surface area (Å²) in [7, 11) is 5.51. The largest absolute Gasteiger partial charge is 0.468 e. The molecule has 0 aromatic carbocycles. The third kappa shape index (κ3) is 3.98. The van der Waals surface area contributed by atoms with E-state index in [0.717, 1.165) is 37.1 Å². The van der Waals surface area contributed by atoms with E-state index in [1.165, 1.54) is 39.3 Å². The summed E-state index contributed by atoms with van der Waals surface area (Å²) in [5.74, 6) is 2.78. The van der Waals surface area contributed by atoms with Gasteiger partial charge in [0.2, 0.25) is 0 Å². The first-order valence-corrected chi connectivity index (χ1v) is 8.44. The number of nitrogens with one attached hydrogen (secondary N) is 1. The van der Waals surface area contributed by atoms with Gasteiger partial charge in [-0.1, -0.05) is 6.42 Å². The molecule has 2 bridgehead atoms. The molecule has 4 nitrogen and oxygen atoms in total. The Bertz CT molecular complexity index is 361. The highest BCUT2D eigenvalue weighted by Crippen LogP contribution is 2.48. The number of carbonyl (C=O) groups is 1. The summed E-state index contributed by atoms with van der Waals surface area (Å²) in [4.78, 5) is 14.3. The molecule has 122 valence electrons. The molecule has 4 unspecified atom stereocenters. The summed E-state index contributed by atoms with van der Waals surface area (Å²) in [6, 6.07) is 0. The Labute approximate surface area is 129 Å². The maximum Gasteiger partial charge on any atom is 0.325 e. The van der Waals surface area contributed by atoms with E-state index in [1.54, 1.807) is 0 Å². The third-order valence-electron chi connectivity index (χ3n) is 5.84. The van der Waals surface area contributed by atoms with Crippen LogP contribution in [0.25, 0.3) is 0 Å². The Morgan fingerprint density at radius 1 is 1.38 bits per heavy atom. The van der Waals surface area contributed by atoms with Gasteiger partial charge in [0.1, 0.15) is 5.54 Å². The maximum absolute atomic E-state index is 11.8. The van der Waals surface area contributed by atoms with Gasteiger partial charge in [0, 0.05) is 6.54 Å². The fourth-order valence-corrected chi connectivity index (χ4v) is 4.35. The van der Waals surface area contributed by atoms with Crippen molar-refractivity contribution in [1.29, 1.82) is 0 Å². The normalized spacial score (nSPS) is 30.6. The molecule has 4 heteroatoms. The molecule has 1 N–H and O–H groups in total. The van der Waals surface area contributed by atoms with Crippen LogP contribution in [0.4, 0.5) is 0 Å². The van der Waals surface area contributed by atoms with Crippen molar-refractivity contribution in [2.24, 2.45) is 17.8 Å². The molecule has 0 saturated heterocycles. The standard InChI is InChI=1S/C17H32N2O2/c1-17(18-2,16(20)21-4)8-5-9-19(3)12-15-11-13-6-7-14(15)10-13/h13-15,18H,5-12H2,1-4H3. The van der Waals surface area contributed by atoms with Crippen molar-refractivity contribution in [2.45, 2.75) is 51.0 Å². The highest BCUT2D eigenvalue weighted by Gasteiger charge is 2.39. The topological polar surface area (TPSA) is 41.6 Å². The van der Waals surface area contributed by atoms with Gasteiger partial charge in [-0.15, -0.1) is 0 Å². The lowest BCUT2D eigenvalue weighted by atomic mass is 9.88. The van der Waals surface area contributed by atoms with Gasteiger partial charge in [0.25, 0.3) is 0 Å². The highest BCUT2D eigenvalue weighted by atomic mass is 16.5. The Hall–Kier alpha value is -0.610. The Balaban J connectivity index is 1.69. The Morgan fingerprint density at radius 3 is 2.67 bits per heavy atom. The molecule has 0 heterocycles. The molecule has 0 aliphatic heterocycles. The fourth-order valence-electron chi connectivity index (χ4n) is 4.35. The molecular formula is C17H32N2O2. The van der Waals surface area contributed by atoms with E-state index >= 15 is 0 Å². The van der Waals surface area contributed by atoms with Crippen molar-refractivity contribution in [3.8, 4) is 0 Å². The fraction of sp³-hybridized carbons (Fsp3) is 0.941. The summed E-state index contributed by atoms with van der Waals surface area (Å²) in [5, 5.41) is 3.10. The molecule has 2 rings (SSSR count). The molecule has 0 amide bonds. The van der Waals surface area contributed by atoms with Crippen LogP contribution in [0.3, 0.4) is 0 Å². The van der Waals surface area contributed by atoms with E-state index in [-0.39, 0.29) is 5.97 Å². The minimum absolute atomic E-state index is 0.166. The lowest BCUT2D eigenvalue weighted by Crippen LogP contribution is -2.48. The van der Waals surface area contributed by atoms with Crippen molar-refractivity contribution in [3.05, 3.63) is 0 Å². The van der Waals surface area contributed by atoms with Crippen LogP contribution in [0.2, 0.25) is 0 Å². The van der Waals surface area contributed by atoms with E-state index in [0.29, 0.717) is 0 Å². The molecule has 0 radical (unpaired) electrons. The number of nitrogens with zero attached hydrogens (tertiary/aromatic N) is 1. The van der Waals surface area contributed by atoms with E-state index < -0.39 is 5.54 Å². The smallest absolute Gasteiger partial charge is 0.325 e. The van der Waals surface area contributed by atoms with Gasteiger partial charge in [-0.05, 0) is 77.4 Å². The maximum atomic E-state index is 11.8. The Kier molecular flexibility index (Phi) is 5.67. The van der Waals surface area contributed by atoms with E-state index in [1.807, 2.05) is 14.0 Å². The second kappa shape index (κ2) is 7.10. The molecule has 0 aromatic heterocycles. The summed E-state index contributed by atoms with van der Waals surface area (Å²) >= 11 is 0. The molecule has 0 spiro atoms. The monoisotopic (exact) mass is 296 g/mol. The summed E-state index contributed by atoms with van der Waals surface area (Å²) in [6.45, 7) is 4.21. The zero-order valence-corrected chi connectivity index (χ0v) is 14.2. The van der Waals surface area contributed by atoms with Crippen LogP contribution < -0.4 is 5.32 Å². The lowest BCUT2D eigenvalue weighted by Gasteiger charge is -2.29. The average Bonchev–Trinajstić information content (AvgIpc) is 3.08. The van der Waals surface area contributed by atoms with Crippen LogP contribution in [-0.2, 0) is 9.53 Å². The van der Waals surface area contributed by atoms with Crippen LogP contribution in [0.15, 0.2) is 0 Å². The van der Waals surface area contributed by atoms with E-state index in [4.69, 9.17) is 4.74 Å². The number of methoxy groups -OCH3 is 1. The number of likely N-dealkylation sites (N-methyl/N-ethyl adjacent to an activating group) is 1. The number of hydrogen-bond acceptors (Lipinski definition) is 4. The van der Waals surface area contributed by atoms with Crippen LogP contribution in [0.5, 0.6) is 0 Å². The van der Waals surface area contributed by atoms with Crippen LogP contribution >= 0.6 is 0 Å². The first-order valence-electron chi connectivity index (χ1n) is 8.44. The molecule has 2 fully saturated rings. The van der Waals surface area contributed by atoms with E-state index in [9.17, 15) is 4.79 Å². The quantitative estimate of drug-likeness (QED) is 0.698. The van der Waals surface area contributed by atoms with Crippen molar-refractivity contribution in [3.63, 3.8) is 0 Å². The summed E-state index contributed by atoms with van der Waals surface area (Å²) < 4.78 is 4.89. The van der Waals surface area contributed by atoms with Gasteiger partial charge < -0.3 is 15.0 Å². The molecule has 2 aliphatic rings. The zero-order valence-electron chi connectivity index (χ0n) is 14.2. The van der Waals surface area contributed by atoms with Crippen LogP contribution in [-0.4, -0.2) is 50.7 Å².